The molecule has 0 aliphatic carbocycles. The number of amides is 1. The lowest BCUT2D eigenvalue weighted by Crippen LogP contribution is -2.22. The second-order valence-electron chi connectivity index (χ2n) is 7.40. The van der Waals surface area contributed by atoms with Gasteiger partial charge in [0.15, 0.2) is 23.2 Å². The fourth-order valence-corrected chi connectivity index (χ4v) is 3.52. The van der Waals surface area contributed by atoms with E-state index in [1.165, 1.54) is 42.2 Å². The molecule has 1 aromatic carbocycles. The van der Waals surface area contributed by atoms with Crippen LogP contribution >= 0.6 is 0 Å². The summed E-state index contributed by atoms with van der Waals surface area (Å²) in [6.45, 7) is 3.70. The second kappa shape index (κ2) is 9.09. The number of ether oxygens (including phenoxy) is 1. The van der Waals surface area contributed by atoms with Crippen molar-refractivity contribution in [3.63, 3.8) is 0 Å². The number of benzene rings is 1. The third-order valence-electron chi connectivity index (χ3n) is 5.17. The highest BCUT2D eigenvalue weighted by Gasteiger charge is 2.14. The molecule has 1 amide bonds. The minimum Gasteiger partial charge on any atom is -0.490 e. The molecule has 4 rings (SSSR count). The van der Waals surface area contributed by atoms with Crippen molar-refractivity contribution < 1.29 is 13.9 Å². The number of primary amides is 1. The van der Waals surface area contributed by atoms with E-state index in [-0.39, 0.29) is 22.9 Å². The van der Waals surface area contributed by atoms with Crippen LogP contribution in [0.3, 0.4) is 0 Å². The van der Waals surface area contributed by atoms with Crippen LogP contribution in [-0.2, 0) is 0 Å². The number of likely N-dealkylation sites (tertiary alicyclic amines) is 1. The zero-order valence-electron chi connectivity index (χ0n) is 17.0. The first-order valence-electron chi connectivity index (χ1n) is 10.1. The van der Waals surface area contributed by atoms with E-state index >= 15 is 0 Å². The van der Waals surface area contributed by atoms with Gasteiger partial charge in [-0.15, -0.1) is 0 Å². The summed E-state index contributed by atoms with van der Waals surface area (Å²) >= 11 is 0. The lowest BCUT2D eigenvalue weighted by Gasteiger charge is -2.14. The lowest BCUT2D eigenvalue weighted by molar-refractivity contribution is 0.100. The van der Waals surface area contributed by atoms with Gasteiger partial charge in [0.25, 0.3) is 5.91 Å². The van der Waals surface area contributed by atoms with Gasteiger partial charge in [0, 0.05) is 18.3 Å². The van der Waals surface area contributed by atoms with Crippen LogP contribution in [-0.4, -0.2) is 56.8 Å². The van der Waals surface area contributed by atoms with Gasteiger partial charge >= 0.3 is 0 Å². The largest absolute Gasteiger partial charge is 0.490 e. The molecule has 0 radical (unpaired) electrons. The third kappa shape index (κ3) is 4.80. The Balaban J connectivity index is 1.46. The van der Waals surface area contributed by atoms with Crippen LogP contribution in [0.2, 0.25) is 0 Å². The van der Waals surface area contributed by atoms with Gasteiger partial charge in [-0.2, -0.15) is 5.10 Å². The molecule has 1 fully saturated rings. The molecular weight excluding hydrogens is 401 g/mol. The standard InChI is InChI=1S/C21H24FN7O2/c22-16-10-14(4-5-18(16)31-9-3-8-28-6-1-2-7-28)17-12-25-19(23)21(27-17)29-13-15(11-26-29)20(24)30/h4-5,10-13H,1-3,6-9H2,(H2,23,25)(H2,24,30). The number of hydrogen-bond acceptors (Lipinski definition) is 7. The van der Waals surface area contributed by atoms with E-state index in [2.05, 4.69) is 20.0 Å². The molecule has 2 aromatic heterocycles. The summed E-state index contributed by atoms with van der Waals surface area (Å²) in [7, 11) is 0. The van der Waals surface area contributed by atoms with Gasteiger partial charge in [-0.25, -0.2) is 19.0 Å². The number of nitrogens with zero attached hydrogens (tertiary/aromatic N) is 5. The van der Waals surface area contributed by atoms with Crippen LogP contribution in [0, 0.1) is 5.82 Å². The molecule has 10 heteroatoms. The van der Waals surface area contributed by atoms with Crippen molar-refractivity contribution >= 4 is 11.7 Å². The van der Waals surface area contributed by atoms with Crippen LogP contribution in [0.4, 0.5) is 10.2 Å². The van der Waals surface area contributed by atoms with Crippen molar-refractivity contribution in [2.45, 2.75) is 19.3 Å². The van der Waals surface area contributed by atoms with Crippen LogP contribution in [0.5, 0.6) is 5.75 Å². The summed E-state index contributed by atoms with van der Waals surface area (Å²) in [4.78, 5) is 22.2. The van der Waals surface area contributed by atoms with Crippen LogP contribution in [0.1, 0.15) is 29.6 Å². The molecule has 0 atom stereocenters. The van der Waals surface area contributed by atoms with Crippen LogP contribution < -0.4 is 16.2 Å². The fraction of sp³-hybridized carbons (Fsp3) is 0.333. The van der Waals surface area contributed by atoms with E-state index in [0.717, 1.165) is 26.1 Å². The number of rotatable bonds is 8. The van der Waals surface area contributed by atoms with Gasteiger partial charge in [0.05, 0.1) is 30.3 Å². The Labute approximate surface area is 178 Å². The summed E-state index contributed by atoms with van der Waals surface area (Å²) in [6.07, 6.45) is 7.52. The van der Waals surface area contributed by atoms with Crippen LogP contribution in [0.25, 0.3) is 17.1 Å². The van der Waals surface area contributed by atoms with Crippen molar-refractivity contribution in [3.8, 4) is 22.8 Å². The summed E-state index contributed by atoms with van der Waals surface area (Å²) in [5.74, 6) is -0.568. The van der Waals surface area contributed by atoms with E-state index in [1.54, 1.807) is 12.1 Å². The Morgan fingerprint density at radius 3 is 2.74 bits per heavy atom. The first kappa shape index (κ1) is 20.7. The van der Waals surface area contributed by atoms with Gasteiger partial charge in [0.2, 0.25) is 0 Å². The van der Waals surface area contributed by atoms with E-state index < -0.39 is 11.7 Å². The molecule has 3 heterocycles. The normalized spacial score (nSPS) is 14.1. The molecule has 0 unspecified atom stereocenters. The Kier molecular flexibility index (Phi) is 6.08. The fourth-order valence-electron chi connectivity index (χ4n) is 3.52. The Morgan fingerprint density at radius 1 is 1.23 bits per heavy atom. The lowest BCUT2D eigenvalue weighted by atomic mass is 10.1. The number of aromatic nitrogens is 4. The predicted octanol–water partition coefficient (Wildman–Crippen LogP) is 2.01. The third-order valence-corrected chi connectivity index (χ3v) is 5.17. The second-order valence-corrected chi connectivity index (χ2v) is 7.40. The SMILES string of the molecule is NC(=O)c1cnn(-c2nc(-c3ccc(OCCCN4CCCC4)c(F)c3)cnc2N)c1. The van der Waals surface area contributed by atoms with Gasteiger partial charge < -0.3 is 21.1 Å². The summed E-state index contributed by atoms with van der Waals surface area (Å²) < 4.78 is 21.5. The minimum absolute atomic E-state index is 0.112. The van der Waals surface area contributed by atoms with Gasteiger partial charge in [-0.1, -0.05) is 0 Å². The smallest absolute Gasteiger partial charge is 0.251 e. The first-order chi connectivity index (χ1) is 15.0. The number of nitrogen functional groups attached to an aromatic ring is 1. The predicted molar refractivity (Wildman–Crippen MR) is 113 cm³/mol. The Bertz CT molecular complexity index is 1080. The van der Waals surface area contributed by atoms with Gasteiger partial charge in [-0.05, 0) is 50.6 Å². The minimum atomic E-state index is -0.618. The van der Waals surface area contributed by atoms with Crippen molar-refractivity contribution in [2.75, 3.05) is 32.0 Å². The maximum atomic E-state index is 14.6. The average molecular weight is 425 g/mol. The number of halogens is 1. The highest BCUT2D eigenvalue weighted by atomic mass is 19.1. The number of hydrogen-bond donors (Lipinski definition) is 2. The molecule has 0 spiro atoms. The number of nitrogens with two attached hydrogens (primary N) is 2. The molecule has 0 bridgehead atoms. The van der Waals surface area contributed by atoms with Crippen molar-refractivity contribution in [1.82, 2.24) is 24.6 Å². The average Bonchev–Trinajstić information content (AvgIpc) is 3.45. The zero-order valence-corrected chi connectivity index (χ0v) is 17.0. The Hall–Kier alpha value is -3.53. The van der Waals surface area contributed by atoms with Crippen molar-refractivity contribution in [3.05, 3.63) is 48.2 Å². The summed E-state index contributed by atoms with van der Waals surface area (Å²) in [6, 6.07) is 4.63. The highest BCUT2D eigenvalue weighted by molar-refractivity contribution is 5.92. The summed E-state index contributed by atoms with van der Waals surface area (Å²) in [5.41, 5.74) is 12.3. The van der Waals surface area contributed by atoms with Gasteiger partial charge in [0.1, 0.15) is 0 Å². The van der Waals surface area contributed by atoms with Crippen molar-refractivity contribution in [1.29, 1.82) is 0 Å². The summed E-state index contributed by atoms with van der Waals surface area (Å²) in [5, 5.41) is 4.04. The maximum Gasteiger partial charge on any atom is 0.251 e. The van der Waals surface area contributed by atoms with E-state index in [4.69, 9.17) is 16.2 Å². The Morgan fingerprint density at radius 2 is 2.03 bits per heavy atom. The van der Waals surface area contributed by atoms with E-state index in [9.17, 15) is 9.18 Å². The molecule has 162 valence electrons. The molecule has 4 N–H and O–H groups in total. The number of carbonyl (C=O) groups is 1. The number of anilines is 1. The van der Waals surface area contributed by atoms with E-state index in [1.807, 2.05) is 0 Å². The number of carbonyl (C=O) groups excluding carboxylic acids is 1. The monoisotopic (exact) mass is 425 g/mol. The molecular formula is C21H24FN7O2. The molecule has 0 saturated carbocycles. The highest BCUT2D eigenvalue weighted by Crippen LogP contribution is 2.26. The topological polar surface area (TPSA) is 125 Å². The first-order valence-corrected chi connectivity index (χ1v) is 10.1. The molecule has 3 aromatic rings. The zero-order chi connectivity index (χ0) is 21.8. The van der Waals surface area contributed by atoms with Gasteiger partial charge in [-0.3, -0.25) is 4.79 Å². The van der Waals surface area contributed by atoms with E-state index in [0.29, 0.717) is 17.9 Å². The molecule has 1 saturated heterocycles. The maximum absolute atomic E-state index is 14.6. The molecule has 1 aliphatic heterocycles. The van der Waals surface area contributed by atoms with Crippen LogP contribution in [0.15, 0.2) is 36.8 Å². The quantitative estimate of drug-likeness (QED) is 0.529. The van der Waals surface area contributed by atoms with Crippen molar-refractivity contribution in [2.24, 2.45) is 5.73 Å². The molecule has 31 heavy (non-hydrogen) atoms. The molecule has 1 aliphatic rings. The molecule has 9 nitrogen and oxygen atoms in total.